The van der Waals surface area contributed by atoms with Gasteiger partial charge >= 0.3 is 12.1 Å². The van der Waals surface area contributed by atoms with Crippen LogP contribution in [0.25, 0.3) is 0 Å². The first kappa shape index (κ1) is 64.4. The van der Waals surface area contributed by atoms with Gasteiger partial charge in [-0.05, 0) is 72.9 Å². The Bertz CT molecular complexity index is 2590. The summed E-state index contributed by atoms with van der Waals surface area (Å²) in [6.07, 6.45) is 3.40. The molecule has 5 aromatic rings. The lowest BCUT2D eigenvalue weighted by Crippen LogP contribution is -2.27. The molecule has 2 aromatic heterocycles. The third-order valence-electron chi connectivity index (χ3n) is 12.2. The summed E-state index contributed by atoms with van der Waals surface area (Å²) in [5, 5.41) is 38.9. The van der Waals surface area contributed by atoms with E-state index in [4.69, 9.17) is 18.5 Å². The molecule has 0 aliphatic rings. The SMILES string of the molecule is CC(C)c1ccc(NC(=O)N(C)C)cc1.CCC(C)(CC)c1cc(NC(=O)c2c(OC)cccc2OC)on1.CCCN(CCC)c1c([N+](=O)[O-])cc(C(C)C)cc1[N+](=O)[O-].CN(C)C(=O)Nc1cc(C(C)(C)C)on1. The first-order chi connectivity index (χ1) is 35.6. The first-order valence-electron chi connectivity index (χ1n) is 25.4. The number of methoxy groups -OCH3 is 2. The van der Waals surface area contributed by atoms with E-state index >= 15 is 0 Å². The molecule has 3 aromatic carbocycles. The molecule has 5 amide bonds. The summed E-state index contributed by atoms with van der Waals surface area (Å²) in [6.45, 7) is 25.4. The maximum atomic E-state index is 12.6. The van der Waals surface area contributed by atoms with Crippen molar-refractivity contribution in [2.75, 3.05) is 76.4 Å². The molecule has 418 valence electrons. The van der Waals surface area contributed by atoms with Crippen LogP contribution in [0.1, 0.15) is 154 Å². The Hall–Kier alpha value is -7.71. The minimum Gasteiger partial charge on any atom is -0.496 e. The van der Waals surface area contributed by atoms with E-state index in [0.29, 0.717) is 53.3 Å². The zero-order chi connectivity index (χ0) is 57.7. The van der Waals surface area contributed by atoms with Crippen LogP contribution in [0.3, 0.4) is 0 Å². The van der Waals surface area contributed by atoms with Crippen molar-refractivity contribution in [3.05, 3.63) is 115 Å². The van der Waals surface area contributed by atoms with Crippen molar-refractivity contribution >= 4 is 52.4 Å². The van der Waals surface area contributed by atoms with Gasteiger partial charge in [0.1, 0.15) is 22.8 Å². The van der Waals surface area contributed by atoms with Gasteiger partial charge in [0.15, 0.2) is 11.5 Å². The lowest BCUT2D eigenvalue weighted by atomic mass is 9.81. The largest absolute Gasteiger partial charge is 0.496 e. The minimum atomic E-state index is -0.521. The molecule has 0 unspecified atom stereocenters. The molecule has 21 heteroatoms. The number of hydrogen-bond donors (Lipinski definition) is 3. The molecule has 0 saturated heterocycles. The predicted octanol–water partition coefficient (Wildman–Crippen LogP) is 13.2. The second-order valence-corrected chi connectivity index (χ2v) is 20.2. The molecular formula is C55H82N10O11. The summed E-state index contributed by atoms with van der Waals surface area (Å²) >= 11 is 0. The van der Waals surface area contributed by atoms with Gasteiger partial charge in [-0.2, -0.15) is 0 Å². The van der Waals surface area contributed by atoms with Gasteiger partial charge in [-0.3, -0.25) is 35.7 Å². The standard InChI is InChI=1S/C18H24N2O4.C15H23N3O4.C12H18N2O.C10H17N3O2/c1-6-18(3,7-2)14-11-15(24-20-14)19-17(21)16-12(22-4)9-8-10-13(16)23-5;1-5-7-16(8-6-2)15-13(17(19)20)9-12(11(3)4)10-14(15)18(21)22;1-9(2)10-5-7-11(8-6-10)13-12(15)14(3)4;1-10(2,3)7-6-8(12-15-7)11-9(14)13(4)5/h8-11H,6-7H2,1-5H3,(H,19,21);9-11H,5-8H2,1-4H3;5-9H,1-4H3,(H,13,15);6H,1-5H3,(H,11,12,14). The smallest absolute Gasteiger partial charge is 0.322 e. The normalized spacial score (nSPS) is 10.9. The van der Waals surface area contributed by atoms with Gasteiger partial charge in [0.2, 0.25) is 5.88 Å². The summed E-state index contributed by atoms with van der Waals surface area (Å²) in [5.41, 5.74) is 3.45. The number of anilines is 4. The second kappa shape index (κ2) is 30.0. The molecular weight excluding hydrogens is 977 g/mol. The number of carbonyl (C=O) groups excluding carboxylic acids is 3. The third kappa shape index (κ3) is 18.9. The first-order valence-corrected chi connectivity index (χ1v) is 25.4. The Labute approximate surface area is 448 Å². The van der Waals surface area contributed by atoms with Crippen LogP contribution >= 0.6 is 0 Å². The van der Waals surface area contributed by atoms with Gasteiger partial charge < -0.3 is 38.5 Å². The molecule has 0 radical (unpaired) electrons. The summed E-state index contributed by atoms with van der Waals surface area (Å²) in [7, 11) is 9.79. The number of nitro benzene ring substituents is 2. The number of ether oxygens (including phenoxy) is 2. The molecule has 21 nitrogen and oxygen atoms in total. The number of amides is 5. The van der Waals surface area contributed by atoms with Crippen LogP contribution in [0.5, 0.6) is 11.5 Å². The summed E-state index contributed by atoms with van der Waals surface area (Å²) < 4.78 is 20.9. The minimum absolute atomic E-state index is 0.0164. The summed E-state index contributed by atoms with van der Waals surface area (Å²) in [5.74, 6) is 2.48. The fraction of sp³-hybridized carbons (Fsp3) is 0.509. The lowest BCUT2D eigenvalue weighted by Gasteiger charge is -2.23. The zero-order valence-corrected chi connectivity index (χ0v) is 47.9. The number of carbonyl (C=O) groups is 3. The molecule has 0 fully saturated rings. The third-order valence-corrected chi connectivity index (χ3v) is 12.2. The maximum Gasteiger partial charge on any atom is 0.322 e. The van der Waals surface area contributed by atoms with Gasteiger partial charge in [0.25, 0.3) is 17.3 Å². The van der Waals surface area contributed by atoms with E-state index in [9.17, 15) is 34.6 Å². The molecule has 0 aliphatic heterocycles. The number of nitro groups is 2. The van der Waals surface area contributed by atoms with Crippen molar-refractivity contribution in [2.45, 2.75) is 131 Å². The van der Waals surface area contributed by atoms with E-state index in [1.165, 1.54) is 41.7 Å². The highest BCUT2D eigenvalue weighted by Gasteiger charge is 2.32. The average Bonchev–Trinajstić information content (AvgIpc) is 4.07. The lowest BCUT2D eigenvalue weighted by molar-refractivity contribution is -0.392. The maximum absolute atomic E-state index is 12.6. The molecule has 5 rings (SSSR count). The quantitative estimate of drug-likeness (QED) is 0.0545. The van der Waals surface area contributed by atoms with Crippen molar-refractivity contribution in [2.24, 2.45) is 0 Å². The number of benzene rings is 3. The van der Waals surface area contributed by atoms with E-state index < -0.39 is 9.85 Å². The second-order valence-electron chi connectivity index (χ2n) is 20.2. The highest BCUT2D eigenvalue weighted by Crippen LogP contribution is 2.41. The van der Waals surface area contributed by atoms with Crippen LogP contribution in [0.15, 0.2) is 75.8 Å². The Morgan fingerprint density at radius 2 is 1.16 bits per heavy atom. The fourth-order valence-corrected chi connectivity index (χ4v) is 7.01. The molecule has 0 saturated carbocycles. The number of hydrogen-bond acceptors (Lipinski definition) is 14. The number of aromatic nitrogens is 2. The van der Waals surface area contributed by atoms with Gasteiger partial charge in [0.05, 0.1) is 29.8 Å². The van der Waals surface area contributed by atoms with Gasteiger partial charge in [-0.25, -0.2) is 9.59 Å². The number of nitrogens with one attached hydrogen (secondary N) is 3. The number of nitrogens with zero attached hydrogens (tertiary/aromatic N) is 7. The molecule has 0 atom stereocenters. The number of urea groups is 2. The van der Waals surface area contributed by atoms with Crippen molar-refractivity contribution in [1.82, 2.24) is 20.1 Å². The summed E-state index contributed by atoms with van der Waals surface area (Å²) in [6, 6.07) is 19.2. The Balaban J connectivity index is 0.000000354. The average molecular weight is 1060 g/mol. The molecule has 2 heterocycles. The van der Waals surface area contributed by atoms with Crippen LogP contribution in [-0.4, -0.2) is 103 Å². The Morgan fingerprint density at radius 3 is 1.55 bits per heavy atom. The molecule has 0 aliphatic carbocycles. The predicted molar refractivity (Wildman–Crippen MR) is 300 cm³/mol. The highest BCUT2D eigenvalue weighted by atomic mass is 16.6. The van der Waals surface area contributed by atoms with Crippen molar-refractivity contribution < 1.29 is 42.8 Å². The van der Waals surface area contributed by atoms with Crippen LogP contribution in [0.2, 0.25) is 0 Å². The van der Waals surface area contributed by atoms with Crippen LogP contribution in [0, 0.1) is 20.2 Å². The van der Waals surface area contributed by atoms with Crippen LogP contribution < -0.4 is 30.3 Å². The highest BCUT2D eigenvalue weighted by molar-refractivity contribution is 6.07. The van der Waals surface area contributed by atoms with E-state index in [1.54, 1.807) is 63.4 Å². The van der Waals surface area contributed by atoms with E-state index in [-0.39, 0.29) is 51.8 Å². The molecule has 0 spiro atoms. The molecule has 0 bridgehead atoms. The van der Waals surface area contributed by atoms with Gasteiger partial charge in [0, 0.05) is 82.1 Å². The van der Waals surface area contributed by atoms with Crippen molar-refractivity contribution in [3.8, 4) is 11.5 Å². The van der Waals surface area contributed by atoms with Crippen molar-refractivity contribution in [1.29, 1.82) is 0 Å². The van der Waals surface area contributed by atoms with Crippen molar-refractivity contribution in [3.63, 3.8) is 0 Å². The van der Waals surface area contributed by atoms with E-state index in [1.807, 2.05) is 72.7 Å². The summed E-state index contributed by atoms with van der Waals surface area (Å²) in [4.78, 5) is 61.8. The topological polar surface area (TPSA) is 254 Å². The molecule has 76 heavy (non-hydrogen) atoms. The monoisotopic (exact) mass is 1060 g/mol. The molecule has 3 N–H and O–H groups in total. The number of rotatable bonds is 18. The Kier molecular flexibility index (Phi) is 25.4. The van der Waals surface area contributed by atoms with Gasteiger partial charge in [-0.15, -0.1) is 0 Å². The fourth-order valence-electron chi connectivity index (χ4n) is 7.01. The van der Waals surface area contributed by atoms with Crippen LogP contribution in [-0.2, 0) is 10.8 Å². The van der Waals surface area contributed by atoms with E-state index in [2.05, 4.69) is 60.9 Å². The van der Waals surface area contributed by atoms with E-state index in [0.717, 1.165) is 42.8 Å². The Morgan fingerprint density at radius 1 is 0.671 bits per heavy atom. The van der Waals surface area contributed by atoms with Gasteiger partial charge in [-0.1, -0.05) is 112 Å². The zero-order valence-electron chi connectivity index (χ0n) is 47.9. The van der Waals surface area contributed by atoms with Crippen LogP contribution in [0.4, 0.5) is 44.0 Å².